The minimum atomic E-state index is -0.264. The molecule has 0 aliphatic carbocycles. The van der Waals surface area contributed by atoms with Gasteiger partial charge in [-0.05, 0) is 19.4 Å². The fourth-order valence-electron chi connectivity index (χ4n) is 2.09. The maximum atomic E-state index is 11.3. The molecule has 1 fully saturated rings. The average Bonchev–Trinajstić information content (AvgIpc) is 2.64. The van der Waals surface area contributed by atoms with Crippen molar-refractivity contribution in [3.8, 4) is 0 Å². The van der Waals surface area contributed by atoms with E-state index in [1.807, 2.05) is 4.90 Å². The van der Waals surface area contributed by atoms with Gasteiger partial charge in [-0.3, -0.25) is 9.69 Å². The number of aromatic nitrogens is 2. The molecule has 0 saturated carbocycles. The highest BCUT2D eigenvalue weighted by Gasteiger charge is 2.27. The van der Waals surface area contributed by atoms with Crippen molar-refractivity contribution < 1.29 is 9.32 Å². The molecule has 1 aromatic heterocycles. The number of nitrogens with two attached hydrogens (primary N) is 1. The Morgan fingerprint density at radius 2 is 2.44 bits per heavy atom. The van der Waals surface area contributed by atoms with Gasteiger partial charge >= 0.3 is 0 Å². The zero-order chi connectivity index (χ0) is 11.5. The van der Waals surface area contributed by atoms with Crippen molar-refractivity contribution in [3.63, 3.8) is 0 Å². The van der Waals surface area contributed by atoms with Gasteiger partial charge in [0, 0.05) is 6.92 Å². The summed E-state index contributed by atoms with van der Waals surface area (Å²) in [6.45, 7) is 3.14. The molecule has 1 atom stereocenters. The van der Waals surface area contributed by atoms with Crippen LogP contribution in [0.4, 0.5) is 0 Å². The maximum Gasteiger partial charge on any atom is 0.234 e. The second-order valence-corrected chi connectivity index (χ2v) is 4.11. The number of hydrogen-bond donors (Lipinski definition) is 1. The van der Waals surface area contributed by atoms with Crippen molar-refractivity contribution >= 4 is 5.91 Å². The molecule has 1 aliphatic heterocycles. The Balaban J connectivity index is 2.03. The van der Waals surface area contributed by atoms with Crippen LogP contribution >= 0.6 is 0 Å². The van der Waals surface area contributed by atoms with E-state index in [9.17, 15) is 4.79 Å². The van der Waals surface area contributed by atoms with Crippen LogP contribution in [0, 0.1) is 6.92 Å². The van der Waals surface area contributed by atoms with Crippen molar-refractivity contribution in [3.05, 3.63) is 11.7 Å². The molecule has 1 aliphatic rings. The lowest BCUT2D eigenvalue weighted by atomic mass is 10.0. The van der Waals surface area contributed by atoms with Crippen LogP contribution in [-0.2, 0) is 11.3 Å². The highest BCUT2D eigenvalue weighted by atomic mass is 16.5. The first kappa shape index (κ1) is 11.1. The first-order chi connectivity index (χ1) is 7.66. The van der Waals surface area contributed by atoms with Crippen molar-refractivity contribution in [1.29, 1.82) is 0 Å². The van der Waals surface area contributed by atoms with Crippen LogP contribution in [-0.4, -0.2) is 33.5 Å². The fourth-order valence-corrected chi connectivity index (χ4v) is 2.09. The number of primary amides is 1. The molecule has 6 nitrogen and oxygen atoms in total. The lowest BCUT2D eigenvalue weighted by Crippen LogP contribution is -2.47. The summed E-state index contributed by atoms with van der Waals surface area (Å²) in [5.41, 5.74) is 5.37. The fraction of sp³-hybridized carbons (Fsp3) is 0.700. The van der Waals surface area contributed by atoms with Crippen LogP contribution in [0.5, 0.6) is 0 Å². The third-order valence-corrected chi connectivity index (χ3v) is 2.86. The predicted octanol–water partition coefficient (Wildman–Crippen LogP) is 0.218. The first-order valence-electron chi connectivity index (χ1n) is 5.49. The van der Waals surface area contributed by atoms with Gasteiger partial charge in [0.25, 0.3) is 0 Å². The van der Waals surface area contributed by atoms with Gasteiger partial charge in [0.2, 0.25) is 11.8 Å². The van der Waals surface area contributed by atoms with E-state index < -0.39 is 0 Å². The molecule has 0 radical (unpaired) electrons. The third-order valence-electron chi connectivity index (χ3n) is 2.86. The number of likely N-dealkylation sites (tertiary alicyclic amines) is 1. The van der Waals surface area contributed by atoms with E-state index in [0.717, 1.165) is 25.8 Å². The molecule has 0 bridgehead atoms. The van der Waals surface area contributed by atoms with Gasteiger partial charge in [-0.1, -0.05) is 11.6 Å². The molecule has 16 heavy (non-hydrogen) atoms. The van der Waals surface area contributed by atoms with E-state index in [-0.39, 0.29) is 11.9 Å². The largest absolute Gasteiger partial charge is 0.368 e. The summed E-state index contributed by atoms with van der Waals surface area (Å²) >= 11 is 0. The molecule has 2 N–H and O–H groups in total. The van der Waals surface area contributed by atoms with Gasteiger partial charge < -0.3 is 10.3 Å². The van der Waals surface area contributed by atoms with Crippen LogP contribution in [0.25, 0.3) is 0 Å². The quantitative estimate of drug-likeness (QED) is 0.793. The molecule has 1 saturated heterocycles. The summed E-state index contributed by atoms with van der Waals surface area (Å²) in [5, 5.41) is 3.82. The Kier molecular flexibility index (Phi) is 3.19. The normalized spacial score (nSPS) is 22.2. The van der Waals surface area contributed by atoms with Crippen LogP contribution in [0.2, 0.25) is 0 Å². The number of nitrogens with zero attached hydrogens (tertiary/aromatic N) is 3. The van der Waals surface area contributed by atoms with Gasteiger partial charge in [0.15, 0.2) is 5.82 Å². The summed E-state index contributed by atoms with van der Waals surface area (Å²) in [4.78, 5) is 17.4. The third kappa shape index (κ3) is 2.38. The van der Waals surface area contributed by atoms with E-state index in [4.69, 9.17) is 10.3 Å². The van der Waals surface area contributed by atoms with E-state index in [0.29, 0.717) is 18.3 Å². The molecule has 88 valence electrons. The van der Waals surface area contributed by atoms with E-state index in [1.165, 1.54) is 0 Å². The topological polar surface area (TPSA) is 85.3 Å². The first-order valence-corrected chi connectivity index (χ1v) is 5.49. The highest BCUT2D eigenvalue weighted by Crippen LogP contribution is 2.18. The van der Waals surface area contributed by atoms with Crippen LogP contribution in [0.15, 0.2) is 4.52 Å². The van der Waals surface area contributed by atoms with Crippen LogP contribution in [0.1, 0.15) is 31.0 Å². The SMILES string of the molecule is Cc1nc(CN2CCCCC2C(N)=O)no1. The summed E-state index contributed by atoms with van der Waals surface area (Å²) < 4.78 is 4.90. The summed E-state index contributed by atoms with van der Waals surface area (Å²) in [5.74, 6) is 0.896. The molecule has 6 heteroatoms. The van der Waals surface area contributed by atoms with Crippen molar-refractivity contribution in [2.24, 2.45) is 5.73 Å². The van der Waals surface area contributed by atoms with Crippen LogP contribution < -0.4 is 5.73 Å². The molecule has 1 amide bonds. The standard InChI is InChI=1S/C10H16N4O2/c1-7-12-9(13-16-7)6-14-5-3-2-4-8(14)10(11)15/h8H,2-6H2,1H3,(H2,11,15). The van der Waals surface area contributed by atoms with Gasteiger partial charge in [-0.2, -0.15) is 4.98 Å². The van der Waals surface area contributed by atoms with Crippen molar-refractivity contribution in [1.82, 2.24) is 15.0 Å². The van der Waals surface area contributed by atoms with Crippen molar-refractivity contribution in [2.75, 3.05) is 6.54 Å². The zero-order valence-corrected chi connectivity index (χ0v) is 9.35. The monoisotopic (exact) mass is 224 g/mol. The molecule has 0 aromatic carbocycles. The minimum absolute atomic E-state index is 0.187. The lowest BCUT2D eigenvalue weighted by Gasteiger charge is -2.32. The second kappa shape index (κ2) is 4.61. The number of carbonyl (C=O) groups excluding carboxylic acids is 1. The molecule has 2 rings (SSSR count). The zero-order valence-electron chi connectivity index (χ0n) is 9.35. The van der Waals surface area contributed by atoms with E-state index >= 15 is 0 Å². The van der Waals surface area contributed by atoms with Crippen molar-refractivity contribution in [2.45, 2.75) is 38.8 Å². The number of rotatable bonds is 3. The van der Waals surface area contributed by atoms with Gasteiger partial charge in [0.1, 0.15) is 0 Å². The Morgan fingerprint density at radius 3 is 3.06 bits per heavy atom. The Morgan fingerprint density at radius 1 is 1.62 bits per heavy atom. The second-order valence-electron chi connectivity index (χ2n) is 4.11. The smallest absolute Gasteiger partial charge is 0.234 e. The highest BCUT2D eigenvalue weighted by molar-refractivity contribution is 5.79. The van der Waals surface area contributed by atoms with Gasteiger partial charge in [-0.15, -0.1) is 0 Å². The van der Waals surface area contributed by atoms with Gasteiger partial charge in [-0.25, -0.2) is 0 Å². The Labute approximate surface area is 93.8 Å². The molecular weight excluding hydrogens is 208 g/mol. The molecule has 0 spiro atoms. The van der Waals surface area contributed by atoms with Crippen LogP contribution in [0.3, 0.4) is 0 Å². The molecule has 1 aromatic rings. The lowest BCUT2D eigenvalue weighted by molar-refractivity contribution is -0.124. The minimum Gasteiger partial charge on any atom is -0.368 e. The molecule has 2 heterocycles. The summed E-state index contributed by atoms with van der Waals surface area (Å²) in [6, 6.07) is -0.187. The average molecular weight is 224 g/mol. The Hall–Kier alpha value is -1.43. The number of amides is 1. The maximum absolute atomic E-state index is 11.3. The Bertz CT molecular complexity index is 377. The number of carbonyl (C=O) groups is 1. The van der Waals surface area contributed by atoms with Gasteiger partial charge in [0.05, 0.1) is 12.6 Å². The van der Waals surface area contributed by atoms with E-state index in [1.54, 1.807) is 6.92 Å². The number of piperidine rings is 1. The summed E-state index contributed by atoms with van der Waals surface area (Å²) in [7, 11) is 0. The molecule has 1 unspecified atom stereocenters. The number of hydrogen-bond acceptors (Lipinski definition) is 5. The predicted molar refractivity (Wildman–Crippen MR) is 56.3 cm³/mol. The molecular formula is C10H16N4O2. The van der Waals surface area contributed by atoms with E-state index in [2.05, 4.69) is 10.1 Å². The summed E-state index contributed by atoms with van der Waals surface area (Å²) in [6.07, 6.45) is 2.96. The number of aryl methyl sites for hydroxylation is 1.